The first kappa shape index (κ1) is 15.1. The van der Waals surface area contributed by atoms with Crippen molar-refractivity contribution in [2.75, 3.05) is 0 Å². The molecule has 3 aromatic rings. The fourth-order valence-corrected chi connectivity index (χ4v) is 3.12. The summed E-state index contributed by atoms with van der Waals surface area (Å²) in [5.41, 5.74) is 7.44. The highest BCUT2D eigenvalue weighted by atomic mass is 35.5. The first-order valence-corrected chi connectivity index (χ1v) is 7.60. The molecule has 22 heavy (non-hydrogen) atoms. The van der Waals surface area contributed by atoms with E-state index in [4.69, 9.17) is 10.3 Å². The number of nitrogens with two attached hydrogens (primary N) is 1. The molecule has 0 aliphatic heterocycles. The maximum Gasteiger partial charge on any atom is 0.277 e. The summed E-state index contributed by atoms with van der Waals surface area (Å²) >= 11 is 1.52. The standard InChI is InChI=1S/C13H14N6OS.ClH/c1-19-6-8(5-15-19)11-16-9(7-21-11)10-17-12(18-20-10)13(14)3-2-4-13;/h5-7H,2-4,14H2,1H3;1H. The number of thiazole rings is 1. The van der Waals surface area contributed by atoms with Gasteiger partial charge in [0.25, 0.3) is 5.89 Å². The molecule has 1 fully saturated rings. The fraction of sp³-hybridized carbons (Fsp3) is 0.385. The normalized spacial score (nSPS) is 16.1. The Kier molecular flexibility index (Phi) is 3.75. The van der Waals surface area contributed by atoms with E-state index in [2.05, 4.69) is 20.2 Å². The largest absolute Gasteiger partial charge is 0.332 e. The third-order valence-corrected chi connectivity index (χ3v) is 4.68. The molecule has 7 nitrogen and oxygen atoms in total. The van der Waals surface area contributed by atoms with E-state index in [0.29, 0.717) is 17.4 Å². The minimum absolute atomic E-state index is 0. The second-order valence-electron chi connectivity index (χ2n) is 5.37. The Balaban J connectivity index is 0.00000144. The van der Waals surface area contributed by atoms with Gasteiger partial charge in [-0.3, -0.25) is 4.68 Å². The molecule has 116 valence electrons. The van der Waals surface area contributed by atoms with E-state index in [-0.39, 0.29) is 12.4 Å². The van der Waals surface area contributed by atoms with Gasteiger partial charge in [-0.05, 0) is 19.3 Å². The van der Waals surface area contributed by atoms with E-state index in [1.54, 1.807) is 10.9 Å². The Morgan fingerprint density at radius 3 is 2.82 bits per heavy atom. The molecule has 0 aromatic carbocycles. The van der Waals surface area contributed by atoms with Crippen LogP contribution in [-0.4, -0.2) is 24.9 Å². The zero-order chi connectivity index (χ0) is 14.4. The molecule has 0 spiro atoms. The molecule has 0 bridgehead atoms. The van der Waals surface area contributed by atoms with Crippen LogP contribution >= 0.6 is 23.7 Å². The Labute approximate surface area is 137 Å². The lowest BCUT2D eigenvalue weighted by Gasteiger charge is -2.34. The lowest BCUT2D eigenvalue weighted by Crippen LogP contribution is -2.44. The third-order valence-electron chi connectivity index (χ3n) is 3.79. The summed E-state index contributed by atoms with van der Waals surface area (Å²) in [5.74, 6) is 1.01. The van der Waals surface area contributed by atoms with Crippen molar-refractivity contribution in [2.45, 2.75) is 24.8 Å². The zero-order valence-corrected chi connectivity index (χ0v) is 13.5. The van der Waals surface area contributed by atoms with E-state index in [0.717, 1.165) is 29.8 Å². The summed E-state index contributed by atoms with van der Waals surface area (Å²) in [7, 11) is 1.88. The third kappa shape index (κ3) is 2.43. The van der Waals surface area contributed by atoms with Crippen molar-refractivity contribution in [1.82, 2.24) is 24.9 Å². The predicted octanol–water partition coefficient (Wildman–Crippen LogP) is 2.35. The zero-order valence-electron chi connectivity index (χ0n) is 11.9. The molecule has 0 unspecified atom stereocenters. The molecule has 9 heteroatoms. The molecule has 0 saturated heterocycles. The number of nitrogens with zero attached hydrogens (tertiary/aromatic N) is 5. The molecular weight excluding hydrogens is 324 g/mol. The molecule has 4 rings (SSSR count). The Hall–Kier alpha value is -1.77. The Morgan fingerprint density at radius 1 is 1.36 bits per heavy atom. The van der Waals surface area contributed by atoms with Crippen molar-refractivity contribution in [3.8, 4) is 22.2 Å². The number of halogens is 1. The number of aryl methyl sites for hydroxylation is 1. The van der Waals surface area contributed by atoms with E-state index in [1.807, 2.05) is 18.6 Å². The SMILES string of the molecule is Cl.Cn1cc(-c2nc(-c3nc(C4(N)CCC4)no3)cs2)cn1. The summed E-state index contributed by atoms with van der Waals surface area (Å²) in [6.07, 6.45) is 6.63. The molecule has 0 amide bonds. The van der Waals surface area contributed by atoms with E-state index >= 15 is 0 Å². The van der Waals surface area contributed by atoms with Crippen LogP contribution in [0.15, 0.2) is 22.3 Å². The van der Waals surface area contributed by atoms with Gasteiger partial charge in [0.15, 0.2) is 5.82 Å². The van der Waals surface area contributed by atoms with Crippen LogP contribution in [0, 0.1) is 0 Å². The highest BCUT2D eigenvalue weighted by Gasteiger charge is 2.39. The Morgan fingerprint density at radius 2 is 2.18 bits per heavy atom. The average molecular weight is 339 g/mol. The lowest BCUT2D eigenvalue weighted by molar-refractivity contribution is 0.229. The Bertz CT molecular complexity index is 790. The van der Waals surface area contributed by atoms with Crippen LogP contribution < -0.4 is 5.73 Å². The monoisotopic (exact) mass is 338 g/mol. The minimum Gasteiger partial charge on any atom is -0.332 e. The van der Waals surface area contributed by atoms with Gasteiger partial charge in [0.1, 0.15) is 10.7 Å². The van der Waals surface area contributed by atoms with Crippen molar-refractivity contribution in [2.24, 2.45) is 12.8 Å². The van der Waals surface area contributed by atoms with Gasteiger partial charge in [-0.1, -0.05) is 5.16 Å². The van der Waals surface area contributed by atoms with Gasteiger partial charge in [-0.2, -0.15) is 10.1 Å². The number of rotatable bonds is 3. The van der Waals surface area contributed by atoms with Crippen molar-refractivity contribution in [3.63, 3.8) is 0 Å². The van der Waals surface area contributed by atoms with Crippen molar-refractivity contribution >= 4 is 23.7 Å². The summed E-state index contributed by atoms with van der Waals surface area (Å²) < 4.78 is 7.06. The van der Waals surface area contributed by atoms with Crippen LogP contribution in [0.2, 0.25) is 0 Å². The highest BCUT2D eigenvalue weighted by Crippen LogP contribution is 2.38. The first-order valence-electron chi connectivity index (χ1n) is 6.72. The van der Waals surface area contributed by atoms with Crippen LogP contribution in [0.4, 0.5) is 0 Å². The van der Waals surface area contributed by atoms with Gasteiger partial charge in [0, 0.05) is 24.2 Å². The smallest absolute Gasteiger partial charge is 0.277 e. The predicted molar refractivity (Wildman–Crippen MR) is 84.6 cm³/mol. The van der Waals surface area contributed by atoms with Gasteiger partial charge in [-0.25, -0.2) is 4.98 Å². The lowest BCUT2D eigenvalue weighted by atomic mass is 9.77. The number of aromatic nitrogens is 5. The second kappa shape index (κ2) is 5.45. The molecule has 1 aliphatic rings. The van der Waals surface area contributed by atoms with Gasteiger partial charge < -0.3 is 10.3 Å². The average Bonchev–Trinajstić information content (AvgIpc) is 3.14. The van der Waals surface area contributed by atoms with Crippen molar-refractivity contribution in [1.29, 1.82) is 0 Å². The molecule has 1 aliphatic carbocycles. The van der Waals surface area contributed by atoms with Crippen LogP contribution in [0.5, 0.6) is 0 Å². The number of hydrogen-bond acceptors (Lipinski definition) is 7. The van der Waals surface area contributed by atoms with Gasteiger partial charge in [-0.15, -0.1) is 23.7 Å². The first-order chi connectivity index (χ1) is 10.1. The van der Waals surface area contributed by atoms with Gasteiger partial charge in [0.2, 0.25) is 0 Å². The summed E-state index contributed by atoms with van der Waals surface area (Å²) in [4.78, 5) is 8.94. The number of hydrogen-bond donors (Lipinski definition) is 1. The molecule has 0 radical (unpaired) electrons. The van der Waals surface area contributed by atoms with Crippen LogP contribution in [0.25, 0.3) is 22.2 Å². The van der Waals surface area contributed by atoms with Crippen LogP contribution in [-0.2, 0) is 12.6 Å². The second-order valence-corrected chi connectivity index (χ2v) is 6.23. The summed E-state index contributed by atoms with van der Waals surface area (Å²) in [6.45, 7) is 0. The molecule has 0 atom stereocenters. The van der Waals surface area contributed by atoms with Gasteiger partial charge in [0.05, 0.1) is 11.7 Å². The molecule has 2 N–H and O–H groups in total. The molecule has 1 saturated carbocycles. The maximum absolute atomic E-state index is 6.20. The summed E-state index contributed by atoms with van der Waals surface area (Å²) in [6, 6.07) is 0. The maximum atomic E-state index is 6.20. The van der Waals surface area contributed by atoms with Crippen LogP contribution in [0.3, 0.4) is 0 Å². The summed E-state index contributed by atoms with van der Waals surface area (Å²) in [5, 5.41) is 10.9. The molecule has 3 aromatic heterocycles. The van der Waals surface area contributed by atoms with E-state index in [1.165, 1.54) is 11.3 Å². The topological polar surface area (TPSA) is 95.7 Å². The highest BCUT2D eigenvalue weighted by molar-refractivity contribution is 7.13. The quantitative estimate of drug-likeness (QED) is 0.787. The minimum atomic E-state index is -0.413. The molecule has 3 heterocycles. The van der Waals surface area contributed by atoms with Gasteiger partial charge >= 0.3 is 0 Å². The molecular formula is C13H15ClN6OS. The van der Waals surface area contributed by atoms with Crippen LogP contribution in [0.1, 0.15) is 25.1 Å². The van der Waals surface area contributed by atoms with E-state index < -0.39 is 5.54 Å². The van der Waals surface area contributed by atoms with Crippen molar-refractivity contribution in [3.05, 3.63) is 23.6 Å². The fourth-order valence-electron chi connectivity index (χ4n) is 2.35. The van der Waals surface area contributed by atoms with E-state index in [9.17, 15) is 0 Å². The van der Waals surface area contributed by atoms with Crippen molar-refractivity contribution < 1.29 is 4.52 Å².